The summed E-state index contributed by atoms with van der Waals surface area (Å²) in [6, 6.07) is 7.21. The van der Waals surface area contributed by atoms with E-state index < -0.39 is 0 Å². The standard InChI is InChI=1S/C11H13ClN2O/c12-9-3-1-8(2-4-9)11(15)7-14-5-10(13)6-14/h1-4,10H,5-7,13H2. The number of ketones is 1. The molecule has 15 heavy (non-hydrogen) atoms. The lowest BCUT2D eigenvalue weighted by molar-refractivity contribution is 0.0843. The monoisotopic (exact) mass is 224 g/mol. The quantitative estimate of drug-likeness (QED) is 0.784. The summed E-state index contributed by atoms with van der Waals surface area (Å²) in [5, 5.41) is 0.650. The van der Waals surface area contributed by atoms with Crippen molar-refractivity contribution in [3.63, 3.8) is 0 Å². The second-order valence-electron chi connectivity index (χ2n) is 3.88. The summed E-state index contributed by atoms with van der Waals surface area (Å²) in [5.74, 6) is 0.124. The Morgan fingerprint density at radius 1 is 1.40 bits per heavy atom. The van der Waals surface area contributed by atoms with Gasteiger partial charge in [0.05, 0.1) is 6.54 Å². The first-order chi connectivity index (χ1) is 7.15. The number of benzene rings is 1. The molecule has 0 spiro atoms. The Balaban J connectivity index is 1.93. The van der Waals surface area contributed by atoms with Gasteiger partial charge in [0.2, 0.25) is 0 Å². The van der Waals surface area contributed by atoms with Crippen molar-refractivity contribution >= 4 is 17.4 Å². The number of likely N-dealkylation sites (tertiary alicyclic amines) is 1. The molecule has 1 saturated heterocycles. The molecule has 2 N–H and O–H groups in total. The van der Waals surface area contributed by atoms with Crippen molar-refractivity contribution in [1.29, 1.82) is 0 Å². The Morgan fingerprint density at radius 2 is 2.00 bits per heavy atom. The van der Waals surface area contributed by atoms with Crippen LogP contribution in [0.15, 0.2) is 24.3 Å². The van der Waals surface area contributed by atoms with Gasteiger partial charge in [-0.1, -0.05) is 11.6 Å². The summed E-state index contributed by atoms with van der Waals surface area (Å²) in [6.45, 7) is 2.09. The fraction of sp³-hybridized carbons (Fsp3) is 0.364. The molecule has 0 bridgehead atoms. The third-order valence-corrected chi connectivity index (χ3v) is 2.77. The molecule has 3 nitrogen and oxygen atoms in total. The van der Waals surface area contributed by atoms with Crippen molar-refractivity contribution < 1.29 is 4.79 Å². The lowest BCUT2D eigenvalue weighted by atomic mass is 10.1. The molecule has 1 aromatic rings. The van der Waals surface area contributed by atoms with Gasteiger partial charge in [-0.3, -0.25) is 9.69 Å². The van der Waals surface area contributed by atoms with Crippen molar-refractivity contribution in [1.82, 2.24) is 4.90 Å². The largest absolute Gasteiger partial charge is 0.325 e. The van der Waals surface area contributed by atoms with Crippen LogP contribution in [0.4, 0.5) is 0 Å². The number of hydrogen-bond acceptors (Lipinski definition) is 3. The molecule has 1 aromatic carbocycles. The predicted octanol–water partition coefficient (Wildman–Crippen LogP) is 1.17. The molecule has 4 heteroatoms. The van der Waals surface area contributed by atoms with Gasteiger partial charge in [0.25, 0.3) is 0 Å². The number of hydrogen-bond donors (Lipinski definition) is 1. The topological polar surface area (TPSA) is 46.3 Å². The molecule has 0 atom stereocenters. The van der Waals surface area contributed by atoms with Crippen molar-refractivity contribution in [3.05, 3.63) is 34.9 Å². The van der Waals surface area contributed by atoms with E-state index in [0.29, 0.717) is 17.1 Å². The second-order valence-corrected chi connectivity index (χ2v) is 4.32. The minimum absolute atomic E-state index is 0.124. The number of carbonyl (C=O) groups excluding carboxylic acids is 1. The summed E-state index contributed by atoms with van der Waals surface area (Å²) in [5.41, 5.74) is 6.34. The molecule has 0 aromatic heterocycles. The zero-order chi connectivity index (χ0) is 10.8. The second kappa shape index (κ2) is 4.31. The number of rotatable bonds is 3. The van der Waals surface area contributed by atoms with Gasteiger partial charge in [0.15, 0.2) is 5.78 Å². The number of Topliss-reactive ketones (excluding diaryl/α,β-unsaturated/α-hetero) is 1. The maximum atomic E-state index is 11.7. The minimum atomic E-state index is 0.124. The minimum Gasteiger partial charge on any atom is -0.325 e. The molecule has 2 rings (SSSR count). The Bertz CT molecular complexity index is 357. The van der Waals surface area contributed by atoms with Crippen LogP contribution >= 0.6 is 11.6 Å². The predicted molar refractivity (Wildman–Crippen MR) is 60.2 cm³/mol. The number of nitrogens with zero attached hydrogens (tertiary/aromatic N) is 1. The van der Waals surface area contributed by atoms with E-state index in [0.717, 1.165) is 13.1 Å². The molecule has 1 aliphatic rings. The average molecular weight is 225 g/mol. The maximum absolute atomic E-state index is 11.7. The third kappa shape index (κ3) is 2.56. The zero-order valence-electron chi connectivity index (χ0n) is 8.32. The lowest BCUT2D eigenvalue weighted by Gasteiger charge is -2.36. The molecule has 0 aliphatic carbocycles. The third-order valence-electron chi connectivity index (χ3n) is 2.52. The van der Waals surface area contributed by atoms with E-state index in [9.17, 15) is 4.79 Å². The Kier molecular flexibility index (Phi) is 3.05. The molecule has 1 aliphatic heterocycles. The SMILES string of the molecule is NC1CN(CC(=O)c2ccc(Cl)cc2)C1. The smallest absolute Gasteiger partial charge is 0.176 e. The molecule has 0 radical (unpaired) electrons. The van der Waals surface area contributed by atoms with Gasteiger partial charge in [0.1, 0.15) is 0 Å². The van der Waals surface area contributed by atoms with E-state index in [-0.39, 0.29) is 11.8 Å². The summed E-state index contributed by atoms with van der Waals surface area (Å²) >= 11 is 5.74. The highest BCUT2D eigenvalue weighted by molar-refractivity contribution is 6.30. The lowest BCUT2D eigenvalue weighted by Crippen LogP contribution is -2.56. The Hall–Kier alpha value is -0.900. The van der Waals surface area contributed by atoms with Gasteiger partial charge in [-0.15, -0.1) is 0 Å². The van der Waals surface area contributed by atoms with Crippen molar-refractivity contribution in [2.45, 2.75) is 6.04 Å². The highest BCUT2D eigenvalue weighted by Crippen LogP contribution is 2.12. The van der Waals surface area contributed by atoms with Gasteiger partial charge < -0.3 is 5.73 Å². The average Bonchev–Trinajstić information content (AvgIpc) is 2.16. The Morgan fingerprint density at radius 3 is 2.53 bits per heavy atom. The first kappa shape index (κ1) is 10.6. The molecule has 1 fully saturated rings. The first-order valence-electron chi connectivity index (χ1n) is 4.92. The molecule has 0 amide bonds. The van der Waals surface area contributed by atoms with Crippen LogP contribution in [-0.2, 0) is 0 Å². The van der Waals surface area contributed by atoms with Crippen LogP contribution in [0.5, 0.6) is 0 Å². The van der Waals surface area contributed by atoms with Crippen molar-refractivity contribution in [3.8, 4) is 0 Å². The molecule has 0 unspecified atom stereocenters. The fourth-order valence-corrected chi connectivity index (χ4v) is 1.80. The normalized spacial score (nSPS) is 17.5. The summed E-state index contributed by atoms with van der Waals surface area (Å²) in [6.07, 6.45) is 0. The fourth-order valence-electron chi connectivity index (χ4n) is 1.67. The summed E-state index contributed by atoms with van der Waals surface area (Å²) in [4.78, 5) is 13.8. The van der Waals surface area contributed by atoms with E-state index in [2.05, 4.69) is 0 Å². The van der Waals surface area contributed by atoms with Crippen LogP contribution < -0.4 is 5.73 Å². The van der Waals surface area contributed by atoms with Crippen LogP contribution in [0, 0.1) is 0 Å². The van der Waals surface area contributed by atoms with E-state index in [1.54, 1.807) is 24.3 Å². The van der Waals surface area contributed by atoms with E-state index in [1.165, 1.54) is 0 Å². The van der Waals surface area contributed by atoms with Gasteiger partial charge in [-0.05, 0) is 24.3 Å². The molecule has 1 heterocycles. The van der Waals surface area contributed by atoms with Crippen LogP contribution in [0.3, 0.4) is 0 Å². The molecule has 0 saturated carbocycles. The number of carbonyl (C=O) groups is 1. The van der Waals surface area contributed by atoms with Crippen molar-refractivity contribution in [2.24, 2.45) is 5.73 Å². The highest BCUT2D eigenvalue weighted by Gasteiger charge is 2.24. The van der Waals surface area contributed by atoms with E-state index >= 15 is 0 Å². The van der Waals surface area contributed by atoms with Gasteiger partial charge in [-0.25, -0.2) is 0 Å². The van der Waals surface area contributed by atoms with Crippen molar-refractivity contribution in [2.75, 3.05) is 19.6 Å². The number of nitrogens with two attached hydrogens (primary N) is 1. The van der Waals surface area contributed by atoms with Crippen LogP contribution in [-0.4, -0.2) is 36.4 Å². The van der Waals surface area contributed by atoms with Crippen LogP contribution in [0.1, 0.15) is 10.4 Å². The summed E-state index contributed by atoms with van der Waals surface area (Å²) < 4.78 is 0. The Labute approximate surface area is 93.8 Å². The maximum Gasteiger partial charge on any atom is 0.176 e. The van der Waals surface area contributed by atoms with Gasteiger partial charge in [-0.2, -0.15) is 0 Å². The molecular formula is C11H13ClN2O. The summed E-state index contributed by atoms with van der Waals surface area (Å²) in [7, 11) is 0. The van der Waals surface area contributed by atoms with Crippen LogP contribution in [0.2, 0.25) is 5.02 Å². The van der Waals surface area contributed by atoms with Gasteiger partial charge in [0, 0.05) is 29.7 Å². The van der Waals surface area contributed by atoms with Gasteiger partial charge >= 0.3 is 0 Å². The zero-order valence-corrected chi connectivity index (χ0v) is 9.07. The van der Waals surface area contributed by atoms with E-state index in [4.69, 9.17) is 17.3 Å². The first-order valence-corrected chi connectivity index (χ1v) is 5.29. The van der Waals surface area contributed by atoms with E-state index in [1.807, 2.05) is 4.90 Å². The number of halogens is 1. The van der Waals surface area contributed by atoms with Crippen LogP contribution in [0.25, 0.3) is 0 Å². The highest BCUT2D eigenvalue weighted by atomic mass is 35.5. The molecular weight excluding hydrogens is 212 g/mol. The molecule has 80 valence electrons.